The first-order valence-corrected chi connectivity index (χ1v) is 7.35. The Morgan fingerprint density at radius 1 is 1.17 bits per heavy atom. The van der Waals surface area contributed by atoms with Crippen LogP contribution in [-0.4, -0.2) is 42.4 Å². The van der Waals surface area contributed by atoms with Crippen molar-refractivity contribution in [1.29, 1.82) is 0 Å². The Kier molecular flexibility index (Phi) is 6.63. The zero-order valence-corrected chi connectivity index (χ0v) is 13.5. The van der Waals surface area contributed by atoms with Gasteiger partial charge in [0.2, 0.25) is 5.91 Å². The molecule has 0 aliphatic carbocycles. The standard InChI is InChI=1S/C14H21IN2O/c1-4-17(5-2)14(18)11-16(3)10-12-6-8-13(15)9-7-12/h6-9H,4-5,10-11H2,1-3H3. The maximum absolute atomic E-state index is 11.9. The lowest BCUT2D eigenvalue weighted by atomic mass is 10.2. The van der Waals surface area contributed by atoms with Gasteiger partial charge in [-0.1, -0.05) is 12.1 Å². The van der Waals surface area contributed by atoms with Gasteiger partial charge in [0.25, 0.3) is 0 Å². The van der Waals surface area contributed by atoms with Crippen LogP contribution in [0.2, 0.25) is 0 Å². The molecule has 1 aromatic rings. The third-order valence-corrected chi connectivity index (χ3v) is 3.61. The molecule has 18 heavy (non-hydrogen) atoms. The summed E-state index contributed by atoms with van der Waals surface area (Å²) < 4.78 is 1.23. The van der Waals surface area contributed by atoms with Crippen molar-refractivity contribution in [3.63, 3.8) is 0 Å². The number of halogens is 1. The highest BCUT2D eigenvalue weighted by Gasteiger charge is 2.12. The maximum Gasteiger partial charge on any atom is 0.236 e. The van der Waals surface area contributed by atoms with E-state index in [2.05, 4.69) is 51.8 Å². The summed E-state index contributed by atoms with van der Waals surface area (Å²) in [6, 6.07) is 8.41. The Hall–Kier alpha value is -0.620. The maximum atomic E-state index is 11.9. The van der Waals surface area contributed by atoms with E-state index in [9.17, 15) is 4.79 Å². The van der Waals surface area contributed by atoms with Gasteiger partial charge in [0.15, 0.2) is 0 Å². The van der Waals surface area contributed by atoms with Crippen LogP contribution in [0.25, 0.3) is 0 Å². The van der Waals surface area contributed by atoms with Crippen molar-refractivity contribution in [3.8, 4) is 0 Å². The van der Waals surface area contributed by atoms with Crippen LogP contribution in [0.3, 0.4) is 0 Å². The van der Waals surface area contributed by atoms with E-state index in [0.717, 1.165) is 19.6 Å². The van der Waals surface area contributed by atoms with Crippen molar-refractivity contribution < 1.29 is 4.79 Å². The molecule has 0 aliphatic rings. The van der Waals surface area contributed by atoms with Crippen LogP contribution in [0, 0.1) is 3.57 Å². The van der Waals surface area contributed by atoms with E-state index >= 15 is 0 Å². The van der Waals surface area contributed by atoms with E-state index < -0.39 is 0 Å². The molecule has 0 saturated carbocycles. The quantitative estimate of drug-likeness (QED) is 0.729. The van der Waals surface area contributed by atoms with Gasteiger partial charge < -0.3 is 4.90 Å². The smallest absolute Gasteiger partial charge is 0.236 e. The number of hydrogen-bond donors (Lipinski definition) is 0. The third kappa shape index (κ3) is 4.94. The number of carbonyl (C=O) groups excluding carboxylic acids is 1. The SMILES string of the molecule is CCN(CC)C(=O)CN(C)Cc1ccc(I)cc1. The minimum absolute atomic E-state index is 0.202. The molecule has 100 valence electrons. The lowest BCUT2D eigenvalue weighted by Gasteiger charge is -2.23. The van der Waals surface area contributed by atoms with Crippen LogP contribution in [0.4, 0.5) is 0 Å². The predicted molar refractivity (Wildman–Crippen MR) is 83.4 cm³/mol. The summed E-state index contributed by atoms with van der Waals surface area (Å²) in [5.74, 6) is 0.202. The number of carbonyl (C=O) groups is 1. The van der Waals surface area contributed by atoms with Crippen molar-refractivity contribution in [3.05, 3.63) is 33.4 Å². The number of likely N-dealkylation sites (N-methyl/N-ethyl adjacent to an activating group) is 2. The van der Waals surface area contributed by atoms with E-state index in [1.54, 1.807) is 0 Å². The fraction of sp³-hybridized carbons (Fsp3) is 0.500. The zero-order chi connectivity index (χ0) is 13.5. The summed E-state index contributed by atoms with van der Waals surface area (Å²) in [6.45, 7) is 6.89. The minimum Gasteiger partial charge on any atom is -0.342 e. The fourth-order valence-corrected chi connectivity index (χ4v) is 2.22. The van der Waals surface area contributed by atoms with Crippen molar-refractivity contribution in [1.82, 2.24) is 9.80 Å². The summed E-state index contributed by atoms with van der Waals surface area (Å²) in [4.78, 5) is 15.9. The molecule has 1 amide bonds. The highest BCUT2D eigenvalue weighted by atomic mass is 127. The molecular weight excluding hydrogens is 339 g/mol. The highest BCUT2D eigenvalue weighted by molar-refractivity contribution is 14.1. The second kappa shape index (κ2) is 7.74. The summed E-state index contributed by atoms with van der Waals surface area (Å²) >= 11 is 2.29. The molecule has 0 fully saturated rings. The number of nitrogens with zero attached hydrogens (tertiary/aromatic N) is 2. The number of amides is 1. The van der Waals surface area contributed by atoms with Crippen LogP contribution >= 0.6 is 22.6 Å². The molecule has 0 N–H and O–H groups in total. The zero-order valence-electron chi connectivity index (χ0n) is 11.3. The van der Waals surface area contributed by atoms with Gasteiger partial charge in [-0.25, -0.2) is 0 Å². The first-order valence-electron chi connectivity index (χ1n) is 6.27. The summed E-state index contributed by atoms with van der Waals surface area (Å²) in [5.41, 5.74) is 1.24. The van der Waals surface area contributed by atoms with Gasteiger partial charge in [-0.05, 0) is 61.2 Å². The Morgan fingerprint density at radius 3 is 2.22 bits per heavy atom. The molecule has 0 saturated heterocycles. The van der Waals surface area contributed by atoms with Crippen LogP contribution in [0.15, 0.2) is 24.3 Å². The van der Waals surface area contributed by atoms with E-state index in [0.29, 0.717) is 6.54 Å². The molecule has 0 spiro atoms. The van der Waals surface area contributed by atoms with Crippen LogP contribution in [0.1, 0.15) is 19.4 Å². The molecule has 3 nitrogen and oxygen atoms in total. The molecular formula is C14H21IN2O. The highest BCUT2D eigenvalue weighted by Crippen LogP contribution is 2.08. The largest absolute Gasteiger partial charge is 0.342 e. The van der Waals surface area contributed by atoms with Gasteiger partial charge >= 0.3 is 0 Å². The van der Waals surface area contributed by atoms with Crippen molar-refractivity contribution in [2.45, 2.75) is 20.4 Å². The summed E-state index contributed by atoms with van der Waals surface area (Å²) in [6.07, 6.45) is 0. The molecule has 4 heteroatoms. The molecule has 0 bridgehead atoms. The van der Waals surface area contributed by atoms with Gasteiger partial charge in [-0.3, -0.25) is 9.69 Å². The topological polar surface area (TPSA) is 23.6 Å². The fourth-order valence-electron chi connectivity index (χ4n) is 1.86. The monoisotopic (exact) mass is 360 g/mol. The predicted octanol–water partition coefficient (Wildman–Crippen LogP) is 2.59. The summed E-state index contributed by atoms with van der Waals surface area (Å²) in [5, 5.41) is 0. The molecule has 1 rings (SSSR count). The van der Waals surface area contributed by atoms with Gasteiger partial charge in [-0.2, -0.15) is 0 Å². The Labute approximate surface area is 123 Å². The number of hydrogen-bond acceptors (Lipinski definition) is 2. The number of benzene rings is 1. The molecule has 1 aromatic carbocycles. The van der Waals surface area contributed by atoms with Gasteiger partial charge in [0.05, 0.1) is 6.54 Å². The average molecular weight is 360 g/mol. The second-order valence-electron chi connectivity index (χ2n) is 4.36. The summed E-state index contributed by atoms with van der Waals surface area (Å²) in [7, 11) is 1.99. The normalized spacial score (nSPS) is 10.7. The minimum atomic E-state index is 0.202. The molecule has 0 heterocycles. The molecule has 0 radical (unpaired) electrons. The van der Waals surface area contributed by atoms with E-state index in [1.807, 2.05) is 25.8 Å². The van der Waals surface area contributed by atoms with Crippen molar-refractivity contribution in [2.24, 2.45) is 0 Å². The van der Waals surface area contributed by atoms with E-state index in [4.69, 9.17) is 0 Å². The van der Waals surface area contributed by atoms with Gasteiger partial charge in [0, 0.05) is 23.2 Å². The van der Waals surface area contributed by atoms with Gasteiger partial charge in [0.1, 0.15) is 0 Å². The van der Waals surface area contributed by atoms with Crippen LogP contribution < -0.4 is 0 Å². The molecule has 0 aromatic heterocycles. The van der Waals surface area contributed by atoms with Crippen molar-refractivity contribution >= 4 is 28.5 Å². The van der Waals surface area contributed by atoms with Gasteiger partial charge in [-0.15, -0.1) is 0 Å². The molecule has 0 atom stereocenters. The molecule has 0 unspecified atom stereocenters. The lowest BCUT2D eigenvalue weighted by Crippen LogP contribution is -2.38. The lowest BCUT2D eigenvalue weighted by molar-refractivity contribution is -0.131. The Balaban J connectivity index is 2.48. The van der Waals surface area contributed by atoms with E-state index in [-0.39, 0.29) is 5.91 Å². The Morgan fingerprint density at radius 2 is 1.72 bits per heavy atom. The Bertz CT molecular complexity index is 374. The average Bonchev–Trinajstić information content (AvgIpc) is 2.33. The third-order valence-electron chi connectivity index (χ3n) is 2.89. The van der Waals surface area contributed by atoms with E-state index in [1.165, 1.54) is 9.13 Å². The second-order valence-corrected chi connectivity index (χ2v) is 5.61. The van der Waals surface area contributed by atoms with Crippen molar-refractivity contribution in [2.75, 3.05) is 26.7 Å². The van der Waals surface area contributed by atoms with Crippen LogP contribution in [-0.2, 0) is 11.3 Å². The first-order chi connectivity index (χ1) is 8.56. The molecule has 0 aliphatic heterocycles. The number of rotatable bonds is 6. The van der Waals surface area contributed by atoms with Crippen LogP contribution in [0.5, 0.6) is 0 Å². The first kappa shape index (κ1) is 15.4.